The smallest absolute Gasteiger partial charge is 0.285 e. The van der Waals surface area contributed by atoms with Crippen LogP contribution in [0.5, 0.6) is 0 Å². The summed E-state index contributed by atoms with van der Waals surface area (Å²) in [4.78, 5) is 4.76. The molecule has 0 spiro atoms. The molecule has 0 saturated heterocycles. The Kier molecular flexibility index (Phi) is 4.43. The molecular weight excluding hydrogens is 226 g/mol. The van der Waals surface area contributed by atoms with Gasteiger partial charge in [0.1, 0.15) is 0 Å². The molecule has 0 fully saturated rings. The maximum atomic E-state index is 7.29. The standard InChI is InChI=1S/C11H14N3O.ClH/c1-9(14-8-11(12)15-13-14)7-10-5-3-2-4-6-10;/h2-6,9,12H,7-8H2,1H3;1H/q+1;. The van der Waals surface area contributed by atoms with Crippen LogP contribution in [-0.2, 0) is 11.3 Å². The predicted molar refractivity (Wildman–Crippen MR) is 63.2 cm³/mol. The summed E-state index contributed by atoms with van der Waals surface area (Å²) in [6.45, 7) is 2.56. The second-order valence-corrected chi connectivity index (χ2v) is 3.73. The molecule has 1 aromatic carbocycles. The van der Waals surface area contributed by atoms with E-state index in [4.69, 9.17) is 10.2 Å². The zero-order chi connectivity index (χ0) is 10.7. The predicted octanol–water partition coefficient (Wildman–Crippen LogP) is 2.43. The molecule has 0 bridgehead atoms. The van der Waals surface area contributed by atoms with Gasteiger partial charge in [0, 0.05) is 13.3 Å². The van der Waals surface area contributed by atoms with Crippen molar-refractivity contribution in [2.24, 2.45) is 5.28 Å². The molecule has 1 N–H and O–H groups in total. The first-order chi connectivity index (χ1) is 7.25. The van der Waals surface area contributed by atoms with Gasteiger partial charge in [-0.15, -0.1) is 12.4 Å². The molecule has 0 aromatic heterocycles. The molecule has 0 amide bonds. The molecule has 1 aromatic rings. The molecule has 16 heavy (non-hydrogen) atoms. The number of hydrogen-bond donors (Lipinski definition) is 1. The Morgan fingerprint density at radius 3 is 2.69 bits per heavy atom. The van der Waals surface area contributed by atoms with Crippen molar-refractivity contribution in [2.45, 2.75) is 19.4 Å². The van der Waals surface area contributed by atoms with Crippen LogP contribution in [0.1, 0.15) is 12.5 Å². The number of hydrogen-bond acceptors (Lipinski definition) is 3. The summed E-state index contributed by atoms with van der Waals surface area (Å²) in [5.74, 6) is 0.218. The zero-order valence-electron chi connectivity index (χ0n) is 9.09. The van der Waals surface area contributed by atoms with Gasteiger partial charge < -0.3 is 0 Å². The second kappa shape index (κ2) is 5.61. The molecule has 1 aliphatic rings. The first-order valence-electron chi connectivity index (χ1n) is 5.01. The summed E-state index contributed by atoms with van der Waals surface area (Å²) in [6, 6.07) is 10.5. The highest BCUT2D eigenvalue weighted by molar-refractivity contribution is 5.85. The van der Waals surface area contributed by atoms with E-state index in [1.165, 1.54) is 5.56 Å². The Bertz CT molecular complexity index is 391. The molecule has 86 valence electrons. The van der Waals surface area contributed by atoms with Gasteiger partial charge in [-0.25, -0.2) is 0 Å². The summed E-state index contributed by atoms with van der Waals surface area (Å²) in [5, 5.41) is 11.1. The minimum atomic E-state index is 0. The summed E-state index contributed by atoms with van der Waals surface area (Å²) >= 11 is 0. The Hall–Kier alpha value is -1.42. The van der Waals surface area contributed by atoms with E-state index < -0.39 is 0 Å². The van der Waals surface area contributed by atoms with Gasteiger partial charge in [0.05, 0.1) is 0 Å². The third-order valence-electron chi connectivity index (χ3n) is 2.44. The van der Waals surface area contributed by atoms with Crippen molar-refractivity contribution in [1.82, 2.24) is 0 Å². The first kappa shape index (κ1) is 12.6. The number of rotatable bonds is 3. The lowest BCUT2D eigenvalue weighted by Crippen LogP contribution is -2.24. The third kappa shape index (κ3) is 3.03. The first-order valence-corrected chi connectivity index (χ1v) is 5.01. The van der Waals surface area contributed by atoms with Crippen molar-refractivity contribution in [3.8, 4) is 0 Å². The van der Waals surface area contributed by atoms with E-state index in [1.54, 1.807) is 4.70 Å². The van der Waals surface area contributed by atoms with E-state index in [2.05, 4.69) is 24.3 Å². The maximum Gasteiger partial charge on any atom is 0.291 e. The Balaban J connectivity index is 0.00000128. The highest BCUT2D eigenvalue weighted by atomic mass is 35.5. The van der Waals surface area contributed by atoms with Crippen LogP contribution in [0.2, 0.25) is 0 Å². The maximum absolute atomic E-state index is 7.29. The topological polar surface area (TPSA) is 48.5 Å². The normalized spacial score (nSPS) is 16.1. The van der Waals surface area contributed by atoms with Crippen molar-refractivity contribution in [2.75, 3.05) is 6.54 Å². The van der Waals surface area contributed by atoms with Crippen molar-refractivity contribution in [3.05, 3.63) is 35.9 Å². The van der Waals surface area contributed by atoms with Gasteiger partial charge >= 0.3 is 0 Å². The quantitative estimate of drug-likeness (QED) is 0.811. The number of benzene rings is 1. The molecule has 0 aliphatic carbocycles. The highest BCUT2D eigenvalue weighted by Crippen LogP contribution is 2.08. The molecule has 4 nitrogen and oxygen atoms in total. The number of nitrogens with one attached hydrogen (secondary N) is 1. The fourth-order valence-corrected chi connectivity index (χ4v) is 1.60. The van der Waals surface area contributed by atoms with E-state index in [1.807, 2.05) is 18.2 Å². The van der Waals surface area contributed by atoms with Crippen LogP contribution in [-0.4, -0.2) is 23.2 Å². The fourth-order valence-electron chi connectivity index (χ4n) is 1.60. The van der Waals surface area contributed by atoms with Crippen LogP contribution >= 0.6 is 12.4 Å². The summed E-state index contributed by atoms with van der Waals surface area (Å²) in [5.41, 5.74) is 1.28. The van der Waals surface area contributed by atoms with Crippen LogP contribution in [0.3, 0.4) is 0 Å². The molecule has 5 heteroatoms. The SMILES string of the molecule is CC(Cc1ccccc1)[N+]1=NOC(=N)C1.Cl. The van der Waals surface area contributed by atoms with Crippen LogP contribution in [0, 0.1) is 5.41 Å². The van der Waals surface area contributed by atoms with Gasteiger partial charge in [-0.2, -0.15) is 0 Å². The van der Waals surface area contributed by atoms with Crippen molar-refractivity contribution < 1.29 is 9.53 Å². The second-order valence-electron chi connectivity index (χ2n) is 3.73. The molecule has 2 rings (SSSR count). The molecule has 0 saturated carbocycles. The van der Waals surface area contributed by atoms with Crippen molar-refractivity contribution in [1.29, 1.82) is 5.41 Å². The lowest BCUT2D eigenvalue weighted by Gasteiger charge is -2.03. The summed E-state index contributed by atoms with van der Waals surface area (Å²) in [6.07, 6.45) is 0.918. The minimum absolute atomic E-state index is 0. The zero-order valence-corrected chi connectivity index (χ0v) is 9.91. The molecule has 1 aliphatic heterocycles. The van der Waals surface area contributed by atoms with Gasteiger partial charge in [-0.05, 0) is 5.56 Å². The van der Waals surface area contributed by atoms with Crippen LogP contribution in [0.4, 0.5) is 0 Å². The van der Waals surface area contributed by atoms with Crippen LogP contribution in [0.15, 0.2) is 35.6 Å². The molecular formula is C11H15ClN3O+. The van der Waals surface area contributed by atoms with Gasteiger partial charge in [0.15, 0.2) is 11.3 Å². The molecule has 1 atom stereocenters. The summed E-state index contributed by atoms with van der Waals surface area (Å²) < 4.78 is 1.80. The summed E-state index contributed by atoms with van der Waals surface area (Å²) in [7, 11) is 0. The van der Waals surface area contributed by atoms with Gasteiger partial charge in [0.2, 0.25) is 6.54 Å². The van der Waals surface area contributed by atoms with Crippen LogP contribution in [0.25, 0.3) is 0 Å². The fraction of sp³-hybridized carbons (Fsp3) is 0.364. The van der Waals surface area contributed by atoms with Gasteiger partial charge in [0.25, 0.3) is 5.90 Å². The van der Waals surface area contributed by atoms with Crippen LogP contribution < -0.4 is 0 Å². The Morgan fingerprint density at radius 2 is 2.12 bits per heavy atom. The van der Waals surface area contributed by atoms with E-state index in [0.717, 1.165) is 6.42 Å². The Morgan fingerprint density at radius 1 is 1.44 bits per heavy atom. The minimum Gasteiger partial charge on any atom is -0.285 e. The van der Waals surface area contributed by atoms with E-state index >= 15 is 0 Å². The molecule has 0 radical (unpaired) electrons. The lowest BCUT2D eigenvalue weighted by atomic mass is 10.1. The monoisotopic (exact) mass is 240 g/mol. The number of nitrogens with zero attached hydrogens (tertiary/aromatic N) is 2. The highest BCUT2D eigenvalue weighted by Gasteiger charge is 2.27. The van der Waals surface area contributed by atoms with Gasteiger partial charge in [-0.1, -0.05) is 35.0 Å². The van der Waals surface area contributed by atoms with Gasteiger partial charge in [-0.3, -0.25) is 10.2 Å². The van der Waals surface area contributed by atoms with Crippen molar-refractivity contribution >= 4 is 18.3 Å². The molecule has 1 heterocycles. The third-order valence-corrected chi connectivity index (χ3v) is 2.44. The lowest BCUT2D eigenvalue weighted by molar-refractivity contribution is -0.616. The molecule has 1 unspecified atom stereocenters. The van der Waals surface area contributed by atoms with E-state index in [9.17, 15) is 0 Å². The van der Waals surface area contributed by atoms with E-state index in [0.29, 0.717) is 6.54 Å². The average Bonchev–Trinajstić information content (AvgIpc) is 2.66. The largest absolute Gasteiger partial charge is 0.291 e. The van der Waals surface area contributed by atoms with Crippen molar-refractivity contribution in [3.63, 3.8) is 0 Å². The Labute approximate surface area is 101 Å². The van der Waals surface area contributed by atoms with E-state index in [-0.39, 0.29) is 24.3 Å². The average molecular weight is 241 g/mol. The number of halogens is 1.